The Kier molecular flexibility index (Phi) is 4.41. The number of aromatic amines is 1. The van der Waals surface area contributed by atoms with E-state index in [1.54, 1.807) is 0 Å². The lowest BCUT2D eigenvalue weighted by molar-refractivity contribution is 0.0698. The van der Waals surface area contributed by atoms with Crippen molar-refractivity contribution in [1.82, 2.24) is 19.7 Å². The van der Waals surface area contributed by atoms with E-state index in [0.29, 0.717) is 21.7 Å². The van der Waals surface area contributed by atoms with E-state index < -0.39 is 5.97 Å². The second-order valence-electron chi connectivity index (χ2n) is 7.29. The van der Waals surface area contributed by atoms with Gasteiger partial charge in [-0.05, 0) is 42.5 Å². The van der Waals surface area contributed by atoms with Gasteiger partial charge in [0.2, 0.25) is 0 Å². The van der Waals surface area contributed by atoms with E-state index in [1.807, 2.05) is 66.1 Å². The molecule has 8 heteroatoms. The summed E-state index contributed by atoms with van der Waals surface area (Å²) >= 11 is 6.37. The fourth-order valence-corrected chi connectivity index (χ4v) is 4.11. The largest absolute Gasteiger partial charge is 0.478 e. The Morgan fingerprint density at radius 1 is 1.16 bits per heavy atom. The van der Waals surface area contributed by atoms with Gasteiger partial charge >= 0.3 is 5.97 Å². The molecule has 0 saturated carbocycles. The highest BCUT2D eigenvalue weighted by Crippen LogP contribution is 2.35. The molecule has 2 aromatic carbocycles. The number of nitrogens with one attached hydrogen (secondary N) is 1. The fourth-order valence-electron chi connectivity index (χ4n) is 3.85. The minimum atomic E-state index is -1.00. The summed E-state index contributed by atoms with van der Waals surface area (Å²) in [7, 11) is 3.85. The average molecular weight is 432 g/mol. The number of para-hydroxylation sites is 1. The van der Waals surface area contributed by atoms with Crippen molar-refractivity contribution in [2.24, 2.45) is 7.05 Å². The molecule has 0 aliphatic rings. The molecule has 0 bridgehead atoms. The predicted octanol–water partition coefficient (Wildman–Crippen LogP) is 5.24. The topological polar surface area (TPSA) is 87.0 Å². The molecular formula is C23H18ClN5O2. The van der Waals surface area contributed by atoms with Gasteiger partial charge in [0.15, 0.2) is 0 Å². The molecule has 3 heterocycles. The number of halogens is 1. The van der Waals surface area contributed by atoms with Gasteiger partial charge in [-0.15, -0.1) is 0 Å². The Hall–Kier alpha value is -3.84. The molecule has 0 unspecified atom stereocenters. The third-order valence-corrected chi connectivity index (χ3v) is 5.76. The molecule has 5 rings (SSSR count). The molecule has 7 nitrogen and oxygen atoms in total. The Balaban J connectivity index is 1.62. The maximum atomic E-state index is 11.5. The highest BCUT2D eigenvalue weighted by atomic mass is 35.5. The van der Waals surface area contributed by atoms with Crippen molar-refractivity contribution < 1.29 is 9.90 Å². The number of aromatic carboxylic acids is 1. The lowest BCUT2D eigenvalue weighted by atomic mass is 10.1. The third-order valence-electron chi connectivity index (χ3n) is 5.44. The summed E-state index contributed by atoms with van der Waals surface area (Å²) in [5.74, 6) is -1.00. The zero-order valence-corrected chi connectivity index (χ0v) is 17.6. The van der Waals surface area contributed by atoms with E-state index in [2.05, 4.69) is 21.1 Å². The van der Waals surface area contributed by atoms with Crippen molar-refractivity contribution in [2.45, 2.75) is 0 Å². The van der Waals surface area contributed by atoms with Gasteiger partial charge in [0, 0.05) is 31.4 Å². The molecule has 0 fully saturated rings. The van der Waals surface area contributed by atoms with Crippen LogP contribution in [0.4, 0.5) is 11.4 Å². The van der Waals surface area contributed by atoms with Crippen LogP contribution in [0.25, 0.3) is 33.3 Å². The van der Waals surface area contributed by atoms with Gasteiger partial charge in [-0.25, -0.2) is 4.79 Å². The van der Waals surface area contributed by atoms with Crippen LogP contribution < -0.4 is 4.90 Å². The second kappa shape index (κ2) is 7.14. The average Bonchev–Trinajstić information content (AvgIpc) is 3.34. The van der Waals surface area contributed by atoms with Gasteiger partial charge in [-0.3, -0.25) is 9.67 Å². The number of anilines is 2. The molecule has 31 heavy (non-hydrogen) atoms. The van der Waals surface area contributed by atoms with E-state index in [4.69, 9.17) is 11.6 Å². The molecule has 0 saturated heterocycles. The lowest BCUT2D eigenvalue weighted by Gasteiger charge is -2.20. The van der Waals surface area contributed by atoms with Gasteiger partial charge < -0.3 is 15.0 Å². The summed E-state index contributed by atoms with van der Waals surface area (Å²) in [5.41, 5.74) is 5.53. The molecular weight excluding hydrogens is 414 g/mol. The van der Waals surface area contributed by atoms with Gasteiger partial charge in [-0.1, -0.05) is 23.7 Å². The normalized spacial score (nSPS) is 11.3. The first kappa shape index (κ1) is 19.1. The van der Waals surface area contributed by atoms with Gasteiger partial charge in [0.05, 0.1) is 38.5 Å². The summed E-state index contributed by atoms with van der Waals surface area (Å²) in [4.78, 5) is 21.0. The Labute approximate surface area is 182 Å². The van der Waals surface area contributed by atoms with Crippen LogP contribution in [0.5, 0.6) is 0 Å². The highest BCUT2D eigenvalue weighted by Gasteiger charge is 2.18. The molecule has 154 valence electrons. The van der Waals surface area contributed by atoms with E-state index in [9.17, 15) is 9.90 Å². The van der Waals surface area contributed by atoms with Gasteiger partial charge in [-0.2, -0.15) is 5.10 Å². The number of benzene rings is 2. The number of aromatic nitrogens is 4. The number of carboxylic acids is 1. The van der Waals surface area contributed by atoms with Crippen molar-refractivity contribution in [2.75, 3.05) is 11.9 Å². The summed E-state index contributed by atoms with van der Waals surface area (Å²) in [6.07, 6.45) is 1.50. The van der Waals surface area contributed by atoms with E-state index in [1.165, 1.54) is 12.3 Å². The second-order valence-corrected chi connectivity index (χ2v) is 7.70. The van der Waals surface area contributed by atoms with E-state index >= 15 is 0 Å². The van der Waals surface area contributed by atoms with Crippen LogP contribution in [-0.2, 0) is 7.05 Å². The maximum absolute atomic E-state index is 11.5. The summed E-state index contributed by atoms with van der Waals surface area (Å²) < 4.78 is 1.81. The van der Waals surface area contributed by atoms with Crippen LogP contribution in [0.15, 0.2) is 60.8 Å². The molecule has 0 amide bonds. The first-order valence-electron chi connectivity index (χ1n) is 9.60. The Morgan fingerprint density at radius 3 is 2.74 bits per heavy atom. The third kappa shape index (κ3) is 3.10. The molecule has 2 N–H and O–H groups in total. The SMILES string of the molecule is CN(c1ccc2c(-c3cc4nccc(C(=O)O)c4[nH]3)nn(C)c2c1)c1ccccc1Cl. The van der Waals surface area contributed by atoms with Gasteiger partial charge in [0.1, 0.15) is 5.69 Å². The number of H-pyrrole nitrogens is 1. The van der Waals surface area contributed by atoms with Crippen LogP contribution in [0, 0.1) is 0 Å². The first-order chi connectivity index (χ1) is 14.9. The van der Waals surface area contributed by atoms with Crippen molar-refractivity contribution in [1.29, 1.82) is 0 Å². The maximum Gasteiger partial charge on any atom is 0.337 e. The van der Waals surface area contributed by atoms with Crippen LogP contribution in [0.2, 0.25) is 5.02 Å². The number of carboxylic acid groups (broad SMARTS) is 1. The zero-order valence-electron chi connectivity index (χ0n) is 16.8. The molecule has 5 aromatic rings. The van der Waals surface area contributed by atoms with Crippen molar-refractivity contribution in [3.05, 3.63) is 71.4 Å². The number of carbonyl (C=O) groups is 1. The van der Waals surface area contributed by atoms with Crippen molar-refractivity contribution >= 4 is 50.9 Å². The number of hydrogen-bond donors (Lipinski definition) is 2. The number of nitrogens with zero attached hydrogens (tertiary/aromatic N) is 4. The number of pyridine rings is 1. The molecule has 3 aromatic heterocycles. The number of rotatable bonds is 4. The number of aryl methyl sites for hydroxylation is 1. The highest BCUT2D eigenvalue weighted by molar-refractivity contribution is 6.33. The number of hydrogen-bond acceptors (Lipinski definition) is 4. The number of fused-ring (bicyclic) bond motifs is 2. The van der Waals surface area contributed by atoms with E-state index in [0.717, 1.165) is 28.0 Å². The van der Waals surface area contributed by atoms with Crippen LogP contribution >= 0.6 is 11.6 Å². The first-order valence-corrected chi connectivity index (χ1v) is 9.98. The quantitative estimate of drug-likeness (QED) is 0.406. The van der Waals surface area contributed by atoms with Crippen molar-refractivity contribution in [3.8, 4) is 11.4 Å². The molecule has 0 atom stereocenters. The Bertz CT molecular complexity index is 1470. The summed E-state index contributed by atoms with van der Waals surface area (Å²) in [5, 5.41) is 15.8. The summed E-state index contributed by atoms with van der Waals surface area (Å²) in [6, 6.07) is 17.1. The Morgan fingerprint density at radius 2 is 1.97 bits per heavy atom. The van der Waals surface area contributed by atoms with Crippen LogP contribution in [0.3, 0.4) is 0 Å². The standard InChI is InChI=1S/C23H18ClN5O2/c1-28(19-6-4-3-5-16(19)24)13-7-8-14-20(11-13)29(2)27-22(14)18-12-17-21(26-18)15(23(30)31)9-10-25-17/h3-12,26H,1-2H3,(H,30,31). The minimum Gasteiger partial charge on any atom is -0.478 e. The monoisotopic (exact) mass is 431 g/mol. The summed E-state index contributed by atoms with van der Waals surface area (Å²) in [6.45, 7) is 0. The smallest absolute Gasteiger partial charge is 0.337 e. The zero-order chi connectivity index (χ0) is 21.7. The predicted molar refractivity (Wildman–Crippen MR) is 122 cm³/mol. The molecule has 0 radical (unpaired) electrons. The van der Waals surface area contributed by atoms with Gasteiger partial charge in [0.25, 0.3) is 0 Å². The fraction of sp³-hybridized carbons (Fsp3) is 0.0870. The molecule has 0 spiro atoms. The molecule has 0 aliphatic carbocycles. The minimum absolute atomic E-state index is 0.181. The van der Waals surface area contributed by atoms with E-state index in [-0.39, 0.29) is 5.56 Å². The van der Waals surface area contributed by atoms with Crippen LogP contribution in [-0.4, -0.2) is 37.9 Å². The molecule has 0 aliphatic heterocycles. The lowest BCUT2D eigenvalue weighted by Crippen LogP contribution is -2.09. The van der Waals surface area contributed by atoms with Crippen molar-refractivity contribution in [3.63, 3.8) is 0 Å². The van der Waals surface area contributed by atoms with Crippen LogP contribution in [0.1, 0.15) is 10.4 Å².